The molecular formula is C10H18N4. The lowest BCUT2D eigenvalue weighted by atomic mass is 10.2. The first kappa shape index (κ1) is 9.68. The fourth-order valence-electron chi connectivity index (χ4n) is 1.98. The van der Waals surface area contributed by atoms with Crippen molar-refractivity contribution >= 4 is 0 Å². The Morgan fingerprint density at radius 1 is 1.71 bits per heavy atom. The number of aromatic amines is 1. The van der Waals surface area contributed by atoms with E-state index in [9.17, 15) is 0 Å². The molecule has 2 unspecified atom stereocenters. The van der Waals surface area contributed by atoms with E-state index in [-0.39, 0.29) is 0 Å². The lowest BCUT2D eigenvalue weighted by Gasteiger charge is -2.12. The predicted octanol–water partition coefficient (Wildman–Crippen LogP) is 0.592. The van der Waals surface area contributed by atoms with Gasteiger partial charge in [-0.15, -0.1) is 0 Å². The maximum absolute atomic E-state index is 3.92. The van der Waals surface area contributed by atoms with Crippen LogP contribution in [0.5, 0.6) is 0 Å². The van der Waals surface area contributed by atoms with Gasteiger partial charge >= 0.3 is 0 Å². The van der Waals surface area contributed by atoms with Crippen LogP contribution < -0.4 is 5.32 Å². The second-order valence-electron chi connectivity index (χ2n) is 4.18. The number of aromatic nitrogens is 2. The van der Waals surface area contributed by atoms with Crippen molar-refractivity contribution in [3.8, 4) is 0 Å². The lowest BCUT2D eigenvalue weighted by molar-refractivity contribution is 0.326. The molecule has 1 saturated heterocycles. The average molecular weight is 194 g/mol. The topological polar surface area (TPSA) is 44.0 Å². The Hall–Kier alpha value is -0.870. The van der Waals surface area contributed by atoms with Gasteiger partial charge in [-0.2, -0.15) is 5.10 Å². The fourth-order valence-corrected chi connectivity index (χ4v) is 1.98. The predicted molar refractivity (Wildman–Crippen MR) is 55.9 cm³/mol. The SMILES string of the molecule is CC1CC(NCc2ccn[nH]2)CN1C. The Labute approximate surface area is 84.7 Å². The van der Waals surface area contributed by atoms with Gasteiger partial charge < -0.3 is 10.2 Å². The first-order valence-electron chi connectivity index (χ1n) is 5.17. The molecule has 0 saturated carbocycles. The van der Waals surface area contributed by atoms with Crippen molar-refractivity contribution in [1.29, 1.82) is 0 Å². The Kier molecular flexibility index (Phi) is 2.84. The smallest absolute Gasteiger partial charge is 0.0490 e. The van der Waals surface area contributed by atoms with Gasteiger partial charge in [-0.25, -0.2) is 0 Å². The Balaban J connectivity index is 1.77. The Morgan fingerprint density at radius 3 is 3.14 bits per heavy atom. The van der Waals surface area contributed by atoms with E-state index in [4.69, 9.17) is 0 Å². The molecule has 2 N–H and O–H groups in total. The van der Waals surface area contributed by atoms with Crippen LogP contribution in [-0.4, -0.2) is 40.8 Å². The summed E-state index contributed by atoms with van der Waals surface area (Å²) in [5.41, 5.74) is 1.16. The minimum atomic E-state index is 0.623. The number of nitrogens with zero attached hydrogens (tertiary/aromatic N) is 2. The van der Waals surface area contributed by atoms with Crippen LogP contribution in [0.15, 0.2) is 12.3 Å². The molecular weight excluding hydrogens is 176 g/mol. The van der Waals surface area contributed by atoms with Crippen LogP contribution in [0.2, 0.25) is 0 Å². The van der Waals surface area contributed by atoms with E-state index in [0.717, 1.165) is 18.8 Å². The van der Waals surface area contributed by atoms with Crippen molar-refractivity contribution < 1.29 is 0 Å². The molecule has 4 nitrogen and oxygen atoms in total. The standard InChI is InChI=1S/C10H18N4/c1-8-5-10(7-14(8)2)11-6-9-3-4-12-13-9/h3-4,8,10-11H,5-7H2,1-2H3,(H,12,13). The molecule has 0 aromatic carbocycles. The van der Waals surface area contributed by atoms with Crippen LogP contribution >= 0.6 is 0 Å². The van der Waals surface area contributed by atoms with Gasteiger partial charge in [0.1, 0.15) is 0 Å². The summed E-state index contributed by atoms with van der Waals surface area (Å²) < 4.78 is 0. The maximum atomic E-state index is 3.92. The Bertz CT molecular complexity index is 260. The summed E-state index contributed by atoms with van der Waals surface area (Å²) in [6.45, 7) is 4.32. The average Bonchev–Trinajstić information content (AvgIpc) is 2.74. The maximum Gasteiger partial charge on any atom is 0.0490 e. The second kappa shape index (κ2) is 4.11. The molecule has 78 valence electrons. The minimum absolute atomic E-state index is 0.623. The summed E-state index contributed by atoms with van der Waals surface area (Å²) in [7, 11) is 2.18. The molecule has 1 fully saturated rings. The molecule has 0 amide bonds. The van der Waals surface area contributed by atoms with Crippen molar-refractivity contribution in [2.45, 2.75) is 32.0 Å². The highest BCUT2D eigenvalue weighted by Crippen LogP contribution is 2.14. The van der Waals surface area contributed by atoms with Crippen LogP contribution in [0.3, 0.4) is 0 Å². The molecule has 2 atom stereocenters. The lowest BCUT2D eigenvalue weighted by Crippen LogP contribution is -2.31. The molecule has 0 spiro atoms. The summed E-state index contributed by atoms with van der Waals surface area (Å²) >= 11 is 0. The number of rotatable bonds is 3. The van der Waals surface area contributed by atoms with E-state index in [2.05, 4.69) is 34.4 Å². The molecule has 1 aliphatic heterocycles. The molecule has 0 radical (unpaired) electrons. The third-order valence-electron chi connectivity index (χ3n) is 3.03. The molecule has 1 aromatic heterocycles. The minimum Gasteiger partial charge on any atom is -0.307 e. The van der Waals surface area contributed by atoms with Crippen LogP contribution in [0.25, 0.3) is 0 Å². The summed E-state index contributed by atoms with van der Waals surface area (Å²) in [5, 5.41) is 10.4. The van der Waals surface area contributed by atoms with E-state index >= 15 is 0 Å². The highest BCUT2D eigenvalue weighted by molar-refractivity contribution is 4.97. The van der Waals surface area contributed by atoms with E-state index in [0.29, 0.717) is 12.1 Å². The van der Waals surface area contributed by atoms with E-state index in [1.807, 2.05) is 6.07 Å². The second-order valence-corrected chi connectivity index (χ2v) is 4.18. The molecule has 1 aromatic rings. The van der Waals surface area contributed by atoms with Crippen molar-refractivity contribution in [3.05, 3.63) is 18.0 Å². The zero-order valence-electron chi connectivity index (χ0n) is 8.83. The van der Waals surface area contributed by atoms with Crippen molar-refractivity contribution in [1.82, 2.24) is 20.4 Å². The highest BCUT2D eigenvalue weighted by Gasteiger charge is 2.25. The molecule has 2 rings (SSSR count). The van der Waals surface area contributed by atoms with Gasteiger partial charge in [0.05, 0.1) is 0 Å². The third-order valence-corrected chi connectivity index (χ3v) is 3.03. The normalized spacial score (nSPS) is 28.4. The first-order valence-corrected chi connectivity index (χ1v) is 5.17. The molecule has 4 heteroatoms. The monoisotopic (exact) mass is 194 g/mol. The number of likely N-dealkylation sites (tertiary alicyclic amines) is 1. The number of likely N-dealkylation sites (N-methyl/N-ethyl adjacent to an activating group) is 1. The summed E-state index contributed by atoms with van der Waals surface area (Å²) in [5.74, 6) is 0. The van der Waals surface area contributed by atoms with E-state index in [1.165, 1.54) is 6.42 Å². The van der Waals surface area contributed by atoms with Gasteiger partial charge in [-0.1, -0.05) is 0 Å². The van der Waals surface area contributed by atoms with Gasteiger partial charge in [-0.3, -0.25) is 5.10 Å². The van der Waals surface area contributed by atoms with Crippen LogP contribution in [-0.2, 0) is 6.54 Å². The van der Waals surface area contributed by atoms with Crippen LogP contribution in [0.1, 0.15) is 19.0 Å². The number of hydrogen-bond donors (Lipinski definition) is 2. The van der Waals surface area contributed by atoms with E-state index in [1.54, 1.807) is 6.20 Å². The summed E-state index contributed by atoms with van der Waals surface area (Å²) in [6, 6.07) is 3.34. The Morgan fingerprint density at radius 2 is 2.57 bits per heavy atom. The summed E-state index contributed by atoms with van der Waals surface area (Å²) in [4.78, 5) is 2.39. The fraction of sp³-hybridized carbons (Fsp3) is 0.700. The number of hydrogen-bond acceptors (Lipinski definition) is 3. The van der Waals surface area contributed by atoms with Crippen molar-refractivity contribution in [3.63, 3.8) is 0 Å². The molecule has 14 heavy (non-hydrogen) atoms. The molecule has 1 aliphatic rings. The van der Waals surface area contributed by atoms with Crippen LogP contribution in [0.4, 0.5) is 0 Å². The van der Waals surface area contributed by atoms with Crippen LogP contribution in [0, 0.1) is 0 Å². The van der Waals surface area contributed by atoms with Gasteiger partial charge in [0.15, 0.2) is 0 Å². The quantitative estimate of drug-likeness (QED) is 0.740. The van der Waals surface area contributed by atoms with Gasteiger partial charge in [0.2, 0.25) is 0 Å². The first-order chi connectivity index (χ1) is 6.75. The molecule has 0 bridgehead atoms. The van der Waals surface area contributed by atoms with Gasteiger partial charge in [-0.05, 0) is 26.5 Å². The van der Waals surface area contributed by atoms with Crippen molar-refractivity contribution in [2.24, 2.45) is 0 Å². The zero-order valence-corrected chi connectivity index (χ0v) is 8.83. The molecule has 0 aliphatic carbocycles. The van der Waals surface area contributed by atoms with E-state index < -0.39 is 0 Å². The highest BCUT2D eigenvalue weighted by atomic mass is 15.2. The zero-order chi connectivity index (χ0) is 9.97. The van der Waals surface area contributed by atoms with Crippen molar-refractivity contribution in [2.75, 3.05) is 13.6 Å². The number of nitrogens with one attached hydrogen (secondary N) is 2. The van der Waals surface area contributed by atoms with Gasteiger partial charge in [0, 0.05) is 37.1 Å². The summed E-state index contributed by atoms with van der Waals surface area (Å²) in [6.07, 6.45) is 3.03. The van der Waals surface area contributed by atoms with Gasteiger partial charge in [0.25, 0.3) is 0 Å². The third kappa shape index (κ3) is 2.13. The molecule has 2 heterocycles. The largest absolute Gasteiger partial charge is 0.307 e. The number of H-pyrrole nitrogens is 1.